The number of amides is 1. The molecular weight excluding hydrogens is 302 g/mol. The summed E-state index contributed by atoms with van der Waals surface area (Å²) < 4.78 is 1.47. The molecule has 0 atom stereocenters. The zero-order valence-electron chi connectivity index (χ0n) is 11.5. The zero-order valence-corrected chi connectivity index (χ0v) is 12.2. The highest BCUT2D eigenvalue weighted by atomic mass is 35.5. The summed E-state index contributed by atoms with van der Waals surface area (Å²) in [7, 11) is 0. The Kier molecular flexibility index (Phi) is 4.11. The topological polar surface area (TPSA) is 72.7 Å². The van der Waals surface area contributed by atoms with Crippen LogP contribution in [0, 0.1) is 0 Å². The lowest BCUT2D eigenvalue weighted by Crippen LogP contribution is -2.19. The largest absolute Gasteiger partial charge is 0.308 e. The van der Waals surface area contributed by atoms with Crippen LogP contribution in [-0.4, -0.2) is 25.7 Å². The Balaban J connectivity index is 1.68. The SMILES string of the molecule is O=C(Cn1cnc(-c2ccccc2)n1)Nc1ncccc1Cl. The number of halogens is 1. The molecule has 0 radical (unpaired) electrons. The molecule has 1 N–H and O–H groups in total. The Bertz CT molecular complexity index is 787. The van der Waals surface area contributed by atoms with Crippen LogP contribution in [0.2, 0.25) is 5.02 Å². The van der Waals surface area contributed by atoms with Crippen LogP contribution in [0.1, 0.15) is 0 Å². The minimum Gasteiger partial charge on any atom is -0.308 e. The number of benzene rings is 1. The van der Waals surface area contributed by atoms with Crippen LogP contribution in [-0.2, 0) is 11.3 Å². The molecular formula is C15H12ClN5O. The minimum atomic E-state index is -0.273. The molecule has 0 saturated carbocycles. The van der Waals surface area contributed by atoms with E-state index in [4.69, 9.17) is 11.6 Å². The molecule has 0 bridgehead atoms. The summed E-state index contributed by atoms with van der Waals surface area (Å²) in [6.45, 7) is 0.0345. The van der Waals surface area contributed by atoms with Crippen molar-refractivity contribution in [1.29, 1.82) is 0 Å². The van der Waals surface area contributed by atoms with Crippen molar-refractivity contribution < 1.29 is 4.79 Å². The first-order valence-electron chi connectivity index (χ1n) is 6.57. The molecule has 6 nitrogen and oxygen atoms in total. The molecule has 2 heterocycles. The Hall–Kier alpha value is -2.73. The highest BCUT2D eigenvalue weighted by molar-refractivity contribution is 6.33. The van der Waals surface area contributed by atoms with Gasteiger partial charge < -0.3 is 5.32 Å². The third-order valence-electron chi connectivity index (χ3n) is 2.89. The molecule has 0 fully saturated rings. The van der Waals surface area contributed by atoms with Gasteiger partial charge in [-0.25, -0.2) is 14.6 Å². The second-order valence-electron chi connectivity index (χ2n) is 4.51. The summed E-state index contributed by atoms with van der Waals surface area (Å²) in [5, 5.41) is 7.30. The van der Waals surface area contributed by atoms with Crippen molar-refractivity contribution in [3.8, 4) is 11.4 Å². The molecule has 0 aliphatic carbocycles. The Labute approximate surface area is 131 Å². The van der Waals surface area contributed by atoms with Gasteiger partial charge in [0.1, 0.15) is 12.9 Å². The molecule has 1 aromatic carbocycles. The highest BCUT2D eigenvalue weighted by Crippen LogP contribution is 2.17. The maximum atomic E-state index is 12.0. The third-order valence-corrected chi connectivity index (χ3v) is 3.20. The number of carbonyl (C=O) groups excluding carboxylic acids is 1. The van der Waals surface area contributed by atoms with E-state index in [1.54, 1.807) is 18.3 Å². The molecule has 3 rings (SSSR count). The first-order valence-corrected chi connectivity index (χ1v) is 6.95. The van der Waals surface area contributed by atoms with Gasteiger partial charge in [-0.15, -0.1) is 0 Å². The molecule has 0 aliphatic rings. The number of rotatable bonds is 4. The molecule has 110 valence electrons. The number of anilines is 1. The summed E-state index contributed by atoms with van der Waals surface area (Å²) in [5.41, 5.74) is 0.898. The van der Waals surface area contributed by atoms with Crippen LogP contribution >= 0.6 is 11.6 Å². The fourth-order valence-electron chi connectivity index (χ4n) is 1.89. The van der Waals surface area contributed by atoms with Crippen molar-refractivity contribution in [2.24, 2.45) is 0 Å². The number of hydrogen-bond donors (Lipinski definition) is 1. The van der Waals surface area contributed by atoms with E-state index in [1.807, 2.05) is 30.3 Å². The summed E-state index contributed by atoms with van der Waals surface area (Å²) >= 11 is 5.94. The molecule has 7 heteroatoms. The van der Waals surface area contributed by atoms with E-state index in [-0.39, 0.29) is 12.5 Å². The Morgan fingerprint density at radius 2 is 1.95 bits per heavy atom. The number of nitrogens with one attached hydrogen (secondary N) is 1. The fraction of sp³-hybridized carbons (Fsp3) is 0.0667. The van der Waals surface area contributed by atoms with Crippen molar-refractivity contribution in [1.82, 2.24) is 19.7 Å². The van der Waals surface area contributed by atoms with E-state index in [0.717, 1.165) is 5.56 Å². The van der Waals surface area contributed by atoms with E-state index < -0.39 is 0 Å². The monoisotopic (exact) mass is 313 g/mol. The van der Waals surface area contributed by atoms with Crippen LogP contribution in [0.25, 0.3) is 11.4 Å². The van der Waals surface area contributed by atoms with Crippen molar-refractivity contribution in [2.45, 2.75) is 6.54 Å². The van der Waals surface area contributed by atoms with Crippen molar-refractivity contribution >= 4 is 23.3 Å². The van der Waals surface area contributed by atoms with Gasteiger partial charge in [0.05, 0.1) is 5.02 Å². The summed E-state index contributed by atoms with van der Waals surface area (Å²) in [5.74, 6) is 0.631. The second-order valence-corrected chi connectivity index (χ2v) is 4.92. The quantitative estimate of drug-likeness (QED) is 0.803. The van der Waals surface area contributed by atoms with Crippen LogP contribution in [0.3, 0.4) is 0 Å². The van der Waals surface area contributed by atoms with Crippen LogP contribution in [0.15, 0.2) is 55.0 Å². The number of pyridine rings is 1. The van der Waals surface area contributed by atoms with Gasteiger partial charge in [0.25, 0.3) is 0 Å². The number of carbonyl (C=O) groups is 1. The van der Waals surface area contributed by atoms with Crippen LogP contribution < -0.4 is 5.32 Å². The first kappa shape index (κ1) is 14.2. The minimum absolute atomic E-state index is 0.0345. The lowest BCUT2D eigenvalue weighted by atomic mass is 10.2. The van der Waals surface area contributed by atoms with Gasteiger partial charge in [0.2, 0.25) is 5.91 Å². The number of hydrogen-bond acceptors (Lipinski definition) is 4. The van der Waals surface area contributed by atoms with E-state index in [9.17, 15) is 4.79 Å². The van der Waals surface area contributed by atoms with Gasteiger partial charge in [0, 0.05) is 11.8 Å². The van der Waals surface area contributed by atoms with Crippen molar-refractivity contribution in [3.63, 3.8) is 0 Å². The van der Waals surface area contributed by atoms with E-state index in [2.05, 4.69) is 20.4 Å². The molecule has 22 heavy (non-hydrogen) atoms. The van der Waals surface area contributed by atoms with Crippen LogP contribution in [0.4, 0.5) is 5.82 Å². The summed E-state index contributed by atoms with van der Waals surface area (Å²) in [6, 6.07) is 12.9. The third kappa shape index (κ3) is 3.29. The standard InChI is InChI=1S/C15H12ClN5O/c16-12-7-4-8-17-15(12)19-13(22)9-21-10-18-14(20-21)11-5-2-1-3-6-11/h1-8,10H,9H2,(H,17,19,22). The highest BCUT2D eigenvalue weighted by Gasteiger charge is 2.09. The average Bonchev–Trinajstić information content (AvgIpc) is 2.99. The molecule has 3 aromatic rings. The normalized spacial score (nSPS) is 10.4. The number of nitrogens with zero attached hydrogens (tertiary/aromatic N) is 4. The molecule has 0 unspecified atom stereocenters. The van der Waals surface area contributed by atoms with Gasteiger partial charge in [-0.2, -0.15) is 5.10 Å². The Morgan fingerprint density at radius 3 is 2.73 bits per heavy atom. The lowest BCUT2D eigenvalue weighted by Gasteiger charge is -2.05. The van der Waals surface area contributed by atoms with Gasteiger partial charge in [-0.3, -0.25) is 4.79 Å². The molecule has 2 aromatic heterocycles. The fourth-order valence-corrected chi connectivity index (χ4v) is 2.06. The zero-order chi connectivity index (χ0) is 15.4. The van der Waals surface area contributed by atoms with Crippen molar-refractivity contribution in [2.75, 3.05) is 5.32 Å². The second kappa shape index (κ2) is 6.36. The lowest BCUT2D eigenvalue weighted by molar-refractivity contribution is -0.116. The van der Waals surface area contributed by atoms with Gasteiger partial charge in [-0.1, -0.05) is 41.9 Å². The van der Waals surface area contributed by atoms with Crippen molar-refractivity contribution in [3.05, 3.63) is 60.0 Å². The average molecular weight is 314 g/mol. The summed E-state index contributed by atoms with van der Waals surface area (Å²) in [6.07, 6.45) is 3.08. The number of aromatic nitrogens is 4. The molecule has 1 amide bonds. The molecule has 0 saturated heterocycles. The van der Waals surface area contributed by atoms with E-state index in [1.165, 1.54) is 11.0 Å². The van der Waals surface area contributed by atoms with E-state index in [0.29, 0.717) is 16.7 Å². The smallest absolute Gasteiger partial charge is 0.247 e. The van der Waals surface area contributed by atoms with Gasteiger partial charge >= 0.3 is 0 Å². The Morgan fingerprint density at radius 1 is 1.14 bits per heavy atom. The molecule has 0 spiro atoms. The summed E-state index contributed by atoms with van der Waals surface area (Å²) in [4.78, 5) is 20.2. The molecule has 0 aliphatic heterocycles. The van der Waals surface area contributed by atoms with Crippen LogP contribution in [0.5, 0.6) is 0 Å². The van der Waals surface area contributed by atoms with Gasteiger partial charge in [0.15, 0.2) is 11.6 Å². The first-order chi connectivity index (χ1) is 10.7. The predicted molar refractivity (Wildman–Crippen MR) is 83.3 cm³/mol. The predicted octanol–water partition coefficient (Wildman–Crippen LogP) is 2.63. The maximum Gasteiger partial charge on any atom is 0.247 e. The maximum absolute atomic E-state index is 12.0. The van der Waals surface area contributed by atoms with Gasteiger partial charge in [-0.05, 0) is 12.1 Å². The van der Waals surface area contributed by atoms with E-state index >= 15 is 0 Å².